The van der Waals surface area contributed by atoms with E-state index in [0.29, 0.717) is 0 Å². The normalized spacial score (nSPS) is 13.0. The highest BCUT2D eigenvalue weighted by Gasteiger charge is 2.03. The SMILES string of the molecule is FC(F)C(Cl)=CP. The van der Waals surface area contributed by atoms with Crippen molar-refractivity contribution in [3.8, 4) is 0 Å². The molecule has 1 atom stereocenters. The molecule has 0 aromatic carbocycles. The Hall–Kier alpha value is 0.320. The quantitative estimate of drug-likeness (QED) is 0.495. The summed E-state index contributed by atoms with van der Waals surface area (Å²) in [5, 5.41) is -0.426. The van der Waals surface area contributed by atoms with Crippen LogP contribution in [-0.2, 0) is 0 Å². The maximum Gasteiger partial charge on any atom is 0.274 e. The van der Waals surface area contributed by atoms with Gasteiger partial charge < -0.3 is 0 Å². The van der Waals surface area contributed by atoms with Gasteiger partial charge in [0.15, 0.2) is 0 Å². The summed E-state index contributed by atoms with van der Waals surface area (Å²) >= 11 is 4.89. The molecule has 0 aliphatic rings. The van der Waals surface area contributed by atoms with Crippen molar-refractivity contribution in [2.24, 2.45) is 0 Å². The Morgan fingerprint density at radius 1 is 1.71 bits per heavy atom. The van der Waals surface area contributed by atoms with Gasteiger partial charge in [0.2, 0.25) is 0 Å². The zero-order valence-corrected chi connectivity index (χ0v) is 5.28. The summed E-state index contributed by atoms with van der Waals surface area (Å²) in [5.41, 5.74) is 0. The van der Waals surface area contributed by atoms with Crippen molar-refractivity contribution >= 4 is 20.8 Å². The van der Waals surface area contributed by atoms with Gasteiger partial charge in [0.05, 0.1) is 5.03 Å². The smallest absolute Gasteiger partial charge is 0.204 e. The molecule has 0 heterocycles. The van der Waals surface area contributed by atoms with Crippen molar-refractivity contribution in [2.45, 2.75) is 6.43 Å². The monoisotopic (exact) mass is 144 g/mol. The lowest BCUT2D eigenvalue weighted by molar-refractivity contribution is 0.199. The Labute approximate surface area is 47.7 Å². The van der Waals surface area contributed by atoms with E-state index in [4.69, 9.17) is 11.6 Å². The van der Waals surface area contributed by atoms with Gasteiger partial charge >= 0.3 is 0 Å². The fourth-order valence-corrected chi connectivity index (χ4v) is 0.218. The Balaban J connectivity index is 3.56. The lowest BCUT2D eigenvalue weighted by atomic mass is 10.7. The van der Waals surface area contributed by atoms with E-state index in [9.17, 15) is 8.78 Å². The van der Waals surface area contributed by atoms with Gasteiger partial charge in [0.1, 0.15) is 0 Å². The fourth-order valence-electron chi connectivity index (χ4n) is 0.0727. The molecule has 0 radical (unpaired) electrons. The molecule has 42 valence electrons. The molecule has 4 heteroatoms. The molecule has 0 aliphatic carbocycles. The summed E-state index contributed by atoms with van der Waals surface area (Å²) in [6.07, 6.45) is -2.53. The zero-order valence-electron chi connectivity index (χ0n) is 3.37. The van der Waals surface area contributed by atoms with E-state index >= 15 is 0 Å². The molecule has 0 spiro atoms. The van der Waals surface area contributed by atoms with Crippen LogP contribution < -0.4 is 0 Å². The van der Waals surface area contributed by atoms with Crippen LogP contribution in [0.1, 0.15) is 0 Å². The topological polar surface area (TPSA) is 0 Å². The first kappa shape index (κ1) is 7.32. The molecule has 0 N–H and O–H groups in total. The molecule has 0 fully saturated rings. The minimum Gasteiger partial charge on any atom is -0.204 e. The third-order valence-electron chi connectivity index (χ3n) is 0.368. The molecule has 0 aliphatic heterocycles. The lowest BCUT2D eigenvalue weighted by Crippen LogP contribution is -1.85. The van der Waals surface area contributed by atoms with Crippen LogP contribution in [0.4, 0.5) is 8.78 Å². The van der Waals surface area contributed by atoms with E-state index < -0.39 is 11.5 Å². The Morgan fingerprint density at radius 2 is 2.14 bits per heavy atom. The molecule has 0 saturated carbocycles. The van der Waals surface area contributed by atoms with Gasteiger partial charge in [-0.15, -0.1) is 9.24 Å². The molecule has 0 amide bonds. The summed E-state index contributed by atoms with van der Waals surface area (Å²) in [6.45, 7) is 0. The van der Waals surface area contributed by atoms with Crippen molar-refractivity contribution in [2.75, 3.05) is 0 Å². The second kappa shape index (κ2) is 3.34. The minimum absolute atomic E-state index is 0.426. The van der Waals surface area contributed by atoms with Crippen LogP contribution in [0.5, 0.6) is 0 Å². The lowest BCUT2D eigenvalue weighted by Gasteiger charge is -1.89. The van der Waals surface area contributed by atoms with Crippen molar-refractivity contribution in [3.63, 3.8) is 0 Å². The highest BCUT2D eigenvalue weighted by atomic mass is 35.5. The standard InChI is InChI=1S/C3H4ClF2P/c4-2(1-7)3(5)6/h1,3H,7H2. The third-order valence-corrected chi connectivity index (χ3v) is 1.23. The molecule has 7 heavy (non-hydrogen) atoms. The number of hydrogen-bond acceptors (Lipinski definition) is 0. The molecule has 0 rings (SSSR count). The Bertz CT molecular complexity index is 81.0. The van der Waals surface area contributed by atoms with Crippen LogP contribution in [0.3, 0.4) is 0 Å². The van der Waals surface area contributed by atoms with Crippen molar-refractivity contribution in [1.82, 2.24) is 0 Å². The largest absolute Gasteiger partial charge is 0.274 e. The van der Waals surface area contributed by atoms with Crippen LogP contribution in [0.15, 0.2) is 10.8 Å². The van der Waals surface area contributed by atoms with Gasteiger partial charge in [-0.3, -0.25) is 0 Å². The average molecular weight is 144 g/mol. The van der Waals surface area contributed by atoms with Crippen LogP contribution in [0, 0.1) is 0 Å². The first-order valence-corrected chi connectivity index (χ1v) is 2.58. The van der Waals surface area contributed by atoms with E-state index in [1.165, 1.54) is 0 Å². The van der Waals surface area contributed by atoms with Crippen LogP contribution in [0.25, 0.3) is 0 Å². The van der Waals surface area contributed by atoms with Crippen molar-refractivity contribution < 1.29 is 8.78 Å². The number of halogens is 3. The molecule has 0 nitrogen and oxygen atoms in total. The van der Waals surface area contributed by atoms with E-state index in [0.717, 1.165) is 5.82 Å². The van der Waals surface area contributed by atoms with E-state index in [1.807, 2.05) is 9.24 Å². The summed E-state index contributed by atoms with van der Waals surface area (Å²) in [5.74, 6) is 1.09. The van der Waals surface area contributed by atoms with E-state index in [-0.39, 0.29) is 0 Å². The molecular formula is C3H4ClF2P. The van der Waals surface area contributed by atoms with Crippen LogP contribution >= 0.6 is 20.8 Å². The van der Waals surface area contributed by atoms with E-state index in [1.54, 1.807) is 0 Å². The molecular weight excluding hydrogens is 140 g/mol. The van der Waals surface area contributed by atoms with Gasteiger partial charge in [-0.2, -0.15) is 0 Å². The number of alkyl halides is 2. The third kappa shape index (κ3) is 2.95. The first-order chi connectivity index (χ1) is 3.18. The van der Waals surface area contributed by atoms with E-state index in [2.05, 4.69) is 0 Å². The highest BCUT2D eigenvalue weighted by Crippen LogP contribution is 2.13. The Kier molecular flexibility index (Phi) is 3.49. The summed E-state index contributed by atoms with van der Waals surface area (Å²) in [6, 6.07) is 0. The fraction of sp³-hybridized carbons (Fsp3) is 0.333. The molecule has 0 saturated heterocycles. The van der Waals surface area contributed by atoms with Gasteiger partial charge in [-0.25, -0.2) is 8.78 Å². The second-order valence-corrected chi connectivity index (χ2v) is 1.62. The predicted octanol–water partition coefficient (Wildman–Crippen LogP) is 2.21. The predicted molar refractivity (Wildman–Crippen MR) is 29.6 cm³/mol. The van der Waals surface area contributed by atoms with Gasteiger partial charge in [-0.1, -0.05) is 11.6 Å². The molecule has 0 aromatic heterocycles. The van der Waals surface area contributed by atoms with Gasteiger partial charge in [0, 0.05) is 0 Å². The van der Waals surface area contributed by atoms with Crippen LogP contribution in [-0.4, -0.2) is 6.43 Å². The molecule has 1 unspecified atom stereocenters. The van der Waals surface area contributed by atoms with Gasteiger partial charge in [-0.05, 0) is 5.82 Å². The van der Waals surface area contributed by atoms with Crippen molar-refractivity contribution in [1.29, 1.82) is 0 Å². The summed E-state index contributed by atoms with van der Waals surface area (Å²) in [4.78, 5) is 0. The minimum atomic E-state index is -2.53. The number of rotatable bonds is 1. The van der Waals surface area contributed by atoms with Crippen LogP contribution in [0.2, 0.25) is 0 Å². The maximum absolute atomic E-state index is 11.2. The second-order valence-electron chi connectivity index (χ2n) is 0.852. The number of hydrogen-bond donors (Lipinski definition) is 0. The van der Waals surface area contributed by atoms with Crippen molar-refractivity contribution in [3.05, 3.63) is 10.8 Å². The Morgan fingerprint density at radius 3 is 2.14 bits per heavy atom. The average Bonchev–Trinajstić information content (AvgIpc) is 1.65. The molecule has 0 bridgehead atoms. The first-order valence-electron chi connectivity index (χ1n) is 1.54. The summed E-state index contributed by atoms with van der Waals surface area (Å²) in [7, 11) is 1.99. The highest BCUT2D eigenvalue weighted by molar-refractivity contribution is 7.21. The maximum atomic E-state index is 11.2. The zero-order chi connectivity index (χ0) is 5.86. The molecule has 0 aromatic rings. The number of allylic oxidation sites excluding steroid dienone is 1. The summed E-state index contributed by atoms with van der Waals surface area (Å²) < 4.78 is 22.4. The van der Waals surface area contributed by atoms with Gasteiger partial charge in [0.25, 0.3) is 6.43 Å².